The van der Waals surface area contributed by atoms with Gasteiger partial charge in [-0.2, -0.15) is 0 Å². The van der Waals surface area contributed by atoms with Crippen molar-refractivity contribution in [2.75, 3.05) is 5.32 Å². The van der Waals surface area contributed by atoms with E-state index >= 15 is 0 Å². The van der Waals surface area contributed by atoms with Gasteiger partial charge in [-0.15, -0.1) is 0 Å². The largest absolute Gasteiger partial charge is 0.449 e. The predicted octanol–water partition coefficient (Wildman–Crippen LogP) is 4.18. The van der Waals surface area contributed by atoms with Crippen molar-refractivity contribution in [3.05, 3.63) is 71.0 Å². The second-order valence-corrected chi connectivity index (χ2v) is 6.37. The second-order valence-electron chi connectivity index (χ2n) is 5.46. The van der Waals surface area contributed by atoms with E-state index in [1.807, 2.05) is 42.5 Å². The van der Waals surface area contributed by atoms with E-state index in [0.717, 1.165) is 10.8 Å². The summed E-state index contributed by atoms with van der Waals surface area (Å²) in [6, 6.07) is 15.0. The summed E-state index contributed by atoms with van der Waals surface area (Å²) < 4.78 is 5.89. The number of aromatic nitrogens is 1. The van der Waals surface area contributed by atoms with Crippen LogP contribution in [0.5, 0.6) is 0 Å². The molecule has 3 aromatic rings. The van der Waals surface area contributed by atoms with Crippen molar-refractivity contribution in [1.82, 2.24) is 4.98 Å². The molecule has 1 amide bonds. The molecular formula is C19H15BrN2O3. The van der Waals surface area contributed by atoms with Gasteiger partial charge in [0.25, 0.3) is 5.91 Å². The van der Waals surface area contributed by atoms with Gasteiger partial charge < -0.3 is 10.1 Å². The number of hydrogen-bond donors (Lipinski definition) is 1. The number of fused-ring (bicyclic) bond motifs is 1. The number of carbonyl (C=O) groups excluding carboxylic acids is 2. The van der Waals surface area contributed by atoms with E-state index < -0.39 is 18.0 Å². The van der Waals surface area contributed by atoms with Gasteiger partial charge >= 0.3 is 5.97 Å². The fourth-order valence-corrected chi connectivity index (χ4v) is 2.74. The summed E-state index contributed by atoms with van der Waals surface area (Å²) >= 11 is 3.24. The molecule has 25 heavy (non-hydrogen) atoms. The molecule has 1 atom stereocenters. The van der Waals surface area contributed by atoms with Gasteiger partial charge in [-0.3, -0.25) is 9.78 Å². The highest BCUT2D eigenvalue weighted by Crippen LogP contribution is 2.23. The molecule has 2 aromatic carbocycles. The summed E-state index contributed by atoms with van der Waals surface area (Å²) in [6.07, 6.45) is 2.01. The molecular weight excluding hydrogens is 384 g/mol. The van der Waals surface area contributed by atoms with E-state index in [-0.39, 0.29) is 5.56 Å². The second kappa shape index (κ2) is 7.44. The standard InChI is InChI=1S/C19H15BrN2O3/c1-12(25-19(24)14-9-15(20)11-21-10-14)18(23)22-17-8-4-6-13-5-2-3-7-16(13)17/h2-12H,1H3,(H,22,23)/t12-/m1/s1. The van der Waals surface area contributed by atoms with E-state index in [1.165, 1.54) is 13.1 Å². The Labute approximate surface area is 153 Å². The van der Waals surface area contributed by atoms with Crippen LogP contribution in [-0.4, -0.2) is 23.0 Å². The summed E-state index contributed by atoms with van der Waals surface area (Å²) in [4.78, 5) is 28.4. The number of halogens is 1. The van der Waals surface area contributed by atoms with Gasteiger partial charge in [0.2, 0.25) is 0 Å². The molecule has 0 unspecified atom stereocenters. The number of ether oxygens (including phenoxy) is 1. The quantitative estimate of drug-likeness (QED) is 0.669. The van der Waals surface area contributed by atoms with Crippen LogP contribution < -0.4 is 5.32 Å². The van der Waals surface area contributed by atoms with E-state index in [4.69, 9.17) is 4.74 Å². The summed E-state index contributed by atoms with van der Waals surface area (Å²) in [5.41, 5.74) is 0.953. The number of hydrogen-bond acceptors (Lipinski definition) is 4. The lowest BCUT2D eigenvalue weighted by Gasteiger charge is -2.14. The molecule has 0 saturated carbocycles. The maximum Gasteiger partial charge on any atom is 0.340 e. The minimum Gasteiger partial charge on any atom is -0.449 e. The Bertz CT molecular complexity index is 937. The third kappa shape index (κ3) is 4.03. The SMILES string of the molecule is C[C@@H](OC(=O)c1cncc(Br)c1)C(=O)Nc1cccc2ccccc12. The van der Waals surface area contributed by atoms with E-state index in [1.54, 1.807) is 12.3 Å². The Morgan fingerprint density at radius 3 is 2.68 bits per heavy atom. The first kappa shape index (κ1) is 17.1. The van der Waals surface area contributed by atoms with Crippen molar-refractivity contribution >= 4 is 44.3 Å². The predicted molar refractivity (Wildman–Crippen MR) is 99.4 cm³/mol. The summed E-state index contributed by atoms with van der Waals surface area (Å²) in [7, 11) is 0. The molecule has 3 rings (SSSR count). The Balaban J connectivity index is 1.71. The van der Waals surface area contributed by atoms with Crippen LogP contribution in [0.4, 0.5) is 5.69 Å². The van der Waals surface area contributed by atoms with Gasteiger partial charge in [0.05, 0.1) is 5.56 Å². The number of esters is 1. The average molecular weight is 399 g/mol. The van der Waals surface area contributed by atoms with Gasteiger partial charge in [-0.1, -0.05) is 36.4 Å². The van der Waals surface area contributed by atoms with Gasteiger partial charge in [0.15, 0.2) is 6.10 Å². The fourth-order valence-electron chi connectivity index (χ4n) is 2.37. The van der Waals surface area contributed by atoms with Crippen molar-refractivity contribution in [3.8, 4) is 0 Å². The normalized spacial score (nSPS) is 11.8. The highest BCUT2D eigenvalue weighted by molar-refractivity contribution is 9.10. The van der Waals surface area contributed by atoms with Crippen molar-refractivity contribution in [3.63, 3.8) is 0 Å². The molecule has 0 spiro atoms. The first-order chi connectivity index (χ1) is 12.0. The zero-order valence-corrected chi connectivity index (χ0v) is 15.0. The molecule has 0 radical (unpaired) electrons. The fraction of sp³-hybridized carbons (Fsp3) is 0.105. The molecule has 0 aliphatic carbocycles. The maximum atomic E-state index is 12.4. The Morgan fingerprint density at radius 1 is 1.12 bits per heavy atom. The third-order valence-corrected chi connectivity index (χ3v) is 4.07. The van der Waals surface area contributed by atoms with Crippen molar-refractivity contribution in [2.24, 2.45) is 0 Å². The first-order valence-electron chi connectivity index (χ1n) is 7.65. The number of nitrogens with one attached hydrogen (secondary N) is 1. The molecule has 1 aromatic heterocycles. The molecule has 0 fully saturated rings. The molecule has 5 nitrogen and oxygen atoms in total. The lowest BCUT2D eigenvalue weighted by atomic mass is 10.1. The van der Waals surface area contributed by atoms with Crippen molar-refractivity contribution < 1.29 is 14.3 Å². The van der Waals surface area contributed by atoms with Crippen LogP contribution in [0.2, 0.25) is 0 Å². The van der Waals surface area contributed by atoms with Crippen LogP contribution in [0.25, 0.3) is 10.8 Å². The average Bonchev–Trinajstić information content (AvgIpc) is 2.62. The van der Waals surface area contributed by atoms with Crippen LogP contribution in [0.15, 0.2) is 65.4 Å². The van der Waals surface area contributed by atoms with E-state index in [9.17, 15) is 9.59 Å². The maximum absolute atomic E-state index is 12.4. The number of carbonyl (C=O) groups is 2. The Hall–Kier alpha value is -2.73. The number of benzene rings is 2. The van der Waals surface area contributed by atoms with Gasteiger partial charge in [0, 0.05) is 27.9 Å². The third-order valence-electron chi connectivity index (χ3n) is 3.64. The van der Waals surface area contributed by atoms with Gasteiger partial charge in [-0.05, 0) is 40.4 Å². The molecule has 0 saturated heterocycles. The van der Waals surface area contributed by atoms with Crippen molar-refractivity contribution in [1.29, 1.82) is 0 Å². The molecule has 126 valence electrons. The topological polar surface area (TPSA) is 68.3 Å². The molecule has 0 aliphatic rings. The number of amides is 1. The van der Waals surface area contributed by atoms with Gasteiger partial charge in [-0.25, -0.2) is 4.79 Å². The zero-order chi connectivity index (χ0) is 17.8. The highest BCUT2D eigenvalue weighted by atomic mass is 79.9. The lowest BCUT2D eigenvalue weighted by molar-refractivity contribution is -0.123. The number of rotatable bonds is 4. The minimum atomic E-state index is -0.939. The monoisotopic (exact) mass is 398 g/mol. The first-order valence-corrected chi connectivity index (χ1v) is 8.44. The van der Waals surface area contributed by atoms with Crippen LogP contribution in [0, 0.1) is 0 Å². The molecule has 0 bridgehead atoms. The summed E-state index contributed by atoms with van der Waals surface area (Å²) in [5, 5.41) is 4.75. The van der Waals surface area contributed by atoms with Crippen LogP contribution in [0.1, 0.15) is 17.3 Å². The van der Waals surface area contributed by atoms with Crippen LogP contribution >= 0.6 is 15.9 Å². The number of anilines is 1. The number of pyridine rings is 1. The Morgan fingerprint density at radius 2 is 1.88 bits per heavy atom. The van der Waals surface area contributed by atoms with Crippen molar-refractivity contribution in [2.45, 2.75) is 13.0 Å². The summed E-state index contributed by atoms with van der Waals surface area (Å²) in [6.45, 7) is 1.53. The van der Waals surface area contributed by atoms with Crippen LogP contribution in [0.3, 0.4) is 0 Å². The molecule has 6 heteroatoms. The zero-order valence-electron chi connectivity index (χ0n) is 13.4. The van der Waals surface area contributed by atoms with E-state index in [0.29, 0.717) is 10.2 Å². The molecule has 0 aliphatic heterocycles. The Kier molecular flexibility index (Phi) is 5.09. The smallest absolute Gasteiger partial charge is 0.340 e. The number of nitrogens with zero attached hydrogens (tertiary/aromatic N) is 1. The molecule has 1 N–H and O–H groups in total. The minimum absolute atomic E-state index is 0.277. The van der Waals surface area contributed by atoms with E-state index in [2.05, 4.69) is 26.2 Å². The van der Waals surface area contributed by atoms with Gasteiger partial charge in [0.1, 0.15) is 0 Å². The highest BCUT2D eigenvalue weighted by Gasteiger charge is 2.20. The lowest BCUT2D eigenvalue weighted by Crippen LogP contribution is -2.30. The summed E-state index contributed by atoms with van der Waals surface area (Å²) in [5.74, 6) is -0.998. The molecule has 1 heterocycles. The van der Waals surface area contributed by atoms with Crippen LogP contribution in [-0.2, 0) is 9.53 Å².